The van der Waals surface area contributed by atoms with E-state index in [4.69, 9.17) is 4.74 Å². The van der Waals surface area contributed by atoms with Crippen molar-refractivity contribution in [2.75, 3.05) is 6.61 Å². The van der Waals surface area contributed by atoms with Gasteiger partial charge in [0.1, 0.15) is 0 Å². The molecule has 0 spiro atoms. The van der Waals surface area contributed by atoms with E-state index < -0.39 is 0 Å². The fraction of sp³-hybridized carbons (Fsp3) is 0.636. The second-order valence-electron chi connectivity index (χ2n) is 4.07. The molecule has 1 saturated heterocycles. The molecule has 1 fully saturated rings. The Kier molecular flexibility index (Phi) is 3.92. The van der Waals surface area contributed by atoms with Crippen LogP contribution in [0.1, 0.15) is 28.6 Å². The van der Waals surface area contributed by atoms with Crippen molar-refractivity contribution in [1.82, 2.24) is 0 Å². The van der Waals surface area contributed by atoms with E-state index in [1.807, 2.05) is 0 Å². The third kappa shape index (κ3) is 2.48. The molecule has 0 saturated carbocycles. The van der Waals surface area contributed by atoms with Crippen LogP contribution in [0.15, 0.2) is 9.85 Å². The average Bonchev–Trinajstić information content (AvgIpc) is 2.71. The Bertz CT molecular complexity index is 350. The van der Waals surface area contributed by atoms with E-state index in [0.717, 1.165) is 6.61 Å². The molecule has 15 heavy (non-hydrogen) atoms. The first kappa shape index (κ1) is 12.1. The topological polar surface area (TPSA) is 9.23 Å². The third-order valence-electron chi connectivity index (χ3n) is 2.96. The fourth-order valence-corrected chi connectivity index (χ4v) is 5.06. The molecular formula is C11H14Br2OS. The lowest BCUT2D eigenvalue weighted by Gasteiger charge is -2.21. The molecule has 4 heteroatoms. The van der Waals surface area contributed by atoms with Gasteiger partial charge in [0.05, 0.1) is 14.7 Å². The van der Waals surface area contributed by atoms with Gasteiger partial charge in [0.15, 0.2) is 0 Å². The Labute approximate surface area is 111 Å². The van der Waals surface area contributed by atoms with Crippen LogP contribution in [0.3, 0.4) is 0 Å². The smallest absolute Gasteiger partial charge is 0.0767 e. The summed E-state index contributed by atoms with van der Waals surface area (Å²) in [5.74, 6) is 0.646. The van der Waals surface area contributed by atoms with Gasteiger partial charge in [0, 0.05) is 11.5 Å². The molecule has 1 nitrogen and oxygen atoms in total. The molecule has 1 aromatic heterocycles. The summed E-state index contributed by atoms with van der Waals surface area (Å²) < 4.78 is 6.99. The number of rotatable bonds is 2. The fourth-order valence-electron chi connectivity index (χ4n) is 2.00. The zero-order valence-electron chi connectivity index (χ0n) is 8.80. The van der Waals surface area contributed by atoms with Crippen molar-refractivity contribution in [3.8, 4) is 0 Å². The maximum atomic E-state index is 5.79. The molecule has 2 heterocycles. The number of halogens is 2. The van der Waals surface area contributed by atoms with E-state index in [-0.39, 0.29) is 0 Å². The monoisotopic (exact) mass is 352 g/mol. The Balaban J connectivity index is 2.19. The van der Waals surface area contributed by atoms with Crippen LogP contribution in [-0.4, -0.2) is 12.7 Å². The minimum absolute atomic E-state index is 0.324. The molecule has 3 unspecified atom stereocenters. The molecule has 84 valence electrons. The van der Waals surface area contributed by atoms with E-state index in [9.17, 15) is 0 Å². The van der Waals surface area contributed by atoms with Crippen molar-refractivity contribution in [3.05, 3.63) is 20.3 Å². The zero-order valence-corrected chi connectivity index (χ0v) is 12.8. The summed E-state index contributed by atoms with van der Waals surface area (Å²) in [5, 5.41) is 0. The zero-order chi connectivity index (χ0) is 11.0. The van der Waals surface area contributed by atoms with Crippen LogP contribution in [0.2, 0.25) is 0 Å². The number of thiophene rings is 1. The summed E-state index contributed by atoms with van der Waals surface area (Å²) in [6.45, 7) is 5.33. The van der Waals surface area contributed by atoms with E-state index in [1.165, 1.54) is 20.6 Å². The summed E-state index contributed by atoms with van der Waals surface area (Å²) in [4.78, 5) is 1.70. The third-order valence-corrected chi connectivity index (χ3v) is 5.54. The molecule has 1 aromatic rings. The van der Waals surface area contributed by atoms with Gasteiger partial charge in [-0.2, -0.15) is 0 Å². The van der Waals surface area contributed by atoms with Crippen molar-refractivity contribution in [2.45, 2.75) is 31.2 Å². The van der Waals surface area contributed by atoms with E-state index in [0.29, 0.717) is 16.8 Å². The Morgan fingerprint density at radius 3 is 2.80 bits per heavy atom. The van der Waals surface area contributed by atoms with Crippen molar-refractivity contribution in [3.63, 3.8) is 0 Å². The molecule has 0 bridgehead atoms. The maximum absolute atomic E-state index is 5.79. The predicted molar refractivity (Wildman–Crippen MR) is 71.9 cm³/mol. The standard InChI is InChI=1S/C11H14Br2OS/c1-6-3-4-14-11(6)10(13)8-5-9(12)15-7(8)2/h5-6,10-11H,3-4H2,1-2H3. The normalized spacial score (nSPS) is 28.3. The Morgan fingerprint density at radius 1 is 1.60 bits per heavy atom. The largest absolute Gasteiger partial charge is 0.376 e. The maximum Gasteiger partial charge on any atom is 0.0767 e. The highest BCUT2D eigenvalue weighted by molar-refractivity contribution is 9.11. The highest BCUT2D eigenvalue weighted by atomic mass is 79.9. The summed E-state index contributed by atoms with van der Waals surface area (Å²) in [6, 6.07) is 2.20. The van der Waals surface area contributed by atoms with Gasteiger partial charge in [-0.05, 0) is 46.8 Å². The Morgan fingerprint density at radius 2 is 2.33 bits per heavy atom. The van der Waals surface area contributed by atoms with Crippen LogP contribution in [0.25, 0.3) is 0 Å². The van der Waals surface area contributed by atoms with Gasteiger partial charge in [-0.15, -0.1) is 11.3 Å². The summed E-state index contributed by atoms with van der Waals surface area (Å²) in [7, 11) is 0. The van der Waals surface area contributed by atoms with Crippen LogP contribution in [0.4, 0.5) is 0 Å². The van der Waals surface area contributed by atoms with Gasteiger partial charge in [-0.3, -0.25) is 0 Å². The quantitative estimate of drug-likeness (QED) is 0.701. The van der Waals surface area contributed by atoms with Crippen LogP contribution >= 0.6 is 43.2 Å². The van der Waals surface area contributed by atoms with Gasteiger partial charge >= 0.3 is 0 Å². The van der Waals surface area contributed by atoms with E-state index in [2.05, 4.69) is 51.8 Å². The van der Waals surface area contributed by atoms with Gasteiger partial charge in [0.25, 0.3) is 0 Å². The van der Waals surface area contributed by atoms with Gasteiger partial charge in [-0.1, -0.05) is 22.9 Å². The molecule has 1 aliphatic heterocycles. The first-order valence-electron chi connectivity index (χ1n) is 5.11. The highest BCUT2D eigenvalue weighted by Crippen LogP contribution is 2.41. The lowest BCUT2D eigenvalue weighted by atomic mass is 9.98. The number of alkyl halides is 1. The lowest BCUT2D eigenvalue weighted by Crippen LogP contribution is -2.19. The first-order chi connectivity index (χ1) is 7.09. The summed E-state index contributed by atoms with van der Waals surface area (Å²) in [5.41, 5.74) is 1.37. The van der Waals surface area contributed by atoms with Gasteiger partial charge in [-0.25, -0.2) is 0 Å². The van der Waals surface area contributed by atoms with Crippen LogP contribution < -0.4 is 0 Å². The van der Waals surface area contributed by atoms with Crippen molar-refractivity contribution in [1.29, 1.82) is 0 Å². The van der Waals surface area contributed by atoms with Gasteiger partial charge in [0.2, 0.25) is 0 Å². The number of hydrogen-bond acceptors (Lipinski definition) is 2. The minimum Gasteiger partial charge on any atom is -0.376 e. The number of ether oxygens (including phenoxy) is 1. The van der Waals surface area contributed by atoms with Crippen molar-refractivity contribution < 1.29 is 4.74 Å². The second-order valence-corrected chi connectivity index (χ2v) is 7.69. The average molecular weight is 354 g/mol. The van der Waals surface area contributed by atoms with Crippen LogP contribution in [0.5, 0.6) is 0 Å². The summed E-state index contributed by atoms with van der Waals surface area (Å²) in [6.07, 6.45) is 1.50. The van der Waals surface area contributed by atoms with E-state index in [1.54, 1.807) is 11.3 Å². The molecule has 0 N–H and O–H groups in total. The molecule has 0 radical (unpaired) electrons. The van der Waals surface area contributed by atoms with Crippen molar-refractivity contribution >= 4 is 43.2 Å². The molecule has 0 aliphatic carbocycles. The first-order valence-corrected chi connectivity index (χ1v) is 7.63. The lowest BCUT2D eigenvalue weighted by molar-refractivity contribution is 0.0934. The minimum atomic E-state index is 0.324. The number of hydrogen-bond donors (Lipinski definition) is 0. The molecule has 0 amide bonds. The predicted octanol–water partition coefficient (Wildman–Crippen LogP) is 4.68. The van der Waals surface area contributed by atoms with Crippen molar-refractivity contribution in [2.24, 2.45) is 5.92 Å². The molecule has 2 rings (SSSR count). The molecular weight excluding hydrogens is 340 g/mol. The van der Waals surface area contributed by atoms with Crippen LogP contribution in [0, 0.1) is 12.8 Å². The van der Waals surface area contributed by atoms with Crippen LogP contribution in [-0.2, 0) is 4.74 Å². The van der Waals surface area contributed by atoms with Gasteiger partial charge < -0.3 is 4.74 Å². The molecule has 0 aromatic carbocycles. The highest BCUT2D eigenvalue weighted by Gasteiger charge is 2.32. The molecule has 1 aliphatic rings. The summed E-state index contributed by atoms with van der Waals surface area (Å²) >= 11 is 9.10. The number of aryl methyl sites for hydroxylation is 1. The molecule has 3 atom stereocenters. The van der Waals surface area contributed by atoms with E-state index >= 15 is 0 Å². The second kappa shape index (κ2) is 4.86. The Hall–Kier alpha value is 0.620. The SMILES string of the molecule is Cc1sc(Br)cc1C(Br)C1OCCC1C.